The summed E-state index contributed by atoms with van der Waals surface area (Å²) in [7, 11) is -4.76. The van der Waals surface area contributed by atoms with Crippen LogP contribution >= 0.6 is 0 Å². The second-order valence-corrected chi connectivity index (χ2v) is 7.91. The van der Waals surface area contributed by atoms with Crippen molar-refractivity contribution in [1.82, 2.24) is 9.21 Å². The summed E-state index contributed by atoms with van der Waals surface area (Å²) in [6.07, 6.45) is 0.930. The molecule has 1 unspecified atom stereocenters. The van der Waals surface area contributed by atoms with Crippen molar-refractivity contribution < 1.29 is 21.6 Å². The molecule has 1 aliphatic carbocycles. The third-order valence-corrected chi connectivity index (χ3v) is 6.21. The summed E-state index contributed by atoms with van der Waals surface area (Å²) < 4.78 is 68.3. The van der Waals surface area contributed by atoms with E-state index in [2.05, 4.69) is 6.58 Å². The van der Waals surface area contributed by atoms with Crippen molar-refractivity contribution in [3.05, 3.63) is 71.6 Å². The summed E-state index contributed by atoms with van der Waals surface area (Å²) in [6, 6.07) is 6.44. The molecule has 30 heavy (non-hydrogen) atoms. The average Bonchev–Trinajstić information content (AvgIpc) is 3.32. The number of halogens is 3. The first-order chi connectivity index (χ1) is 13.7. The molecular formula is C19H14F3LiN4O2S. The van der Waals surface area contributed by atoms with E-state index in [1.165, 1.54) is 36.5 Å². The Hall–Kier alpha value is -2.90. The summed E-state index contributed by atoms with van der Waals surface area (Å²) in [6.45, 7) is 3.54. The normalized spacial score (nSPS) is 18.6. The summed E-state index contributed by atoms with van der Waals surface area (Å²) in [4.78, 5) is 0.0793. The molecule has 0 spiro atoms. The van der Waals surface area contributed by atoms with Crippen LogP contribution in [-0.4, -0.2) is 48.8 Å². The Kier molecular flexibility index (Phi) is 6.59. The third kappa shape index (κ3) is 3.78. The van der Waals surface area contributed by atoms with Gasteiger partial charge >= 0.3 is 25.0 Å². The van der Waals surface area contributed by atoms with E-state index < -0.39 is 38.7 Å². The van der Waals surface area contributed by atoms with Crippen molar-refractivity contribution in [2.45, 2.75) is 23.7 Å². The zero-order chi connectivity index (χ0) is 21.4. The zero-order valence-electron chi connectivity index (χ0n) is 14.8. The van der Waals surface area contributed by atoms with Crippen molar-refractivity contribution in [2.24, 2.45) is 0 Å². The zero-order valence-corrected chi connectivity index (χ0v) is 15.6. The van der Waals surface area contributed by atoms with Crippen LogP contribution in [0.3, 0.4) is 0 Å². The van der Waals surface area contributed by atoms with E-state index in [0.29, 0.717) is 10.5 Å². The first-order valence-electron chi connectivity index (χ1n) is 8.20. The molecular weight excluding hydrogens is 412 g/mol. The molecule has 1 atom stereocenters. The number of allylic oxidation sites excluding steroid dienone is 5. The van der Waals surface area contributed by atoms with Crippen molar-refractivity contribution in [2.75, 3.05) is 0 Å². The minimum absolute atomic E-state index is 0. The van der Waals surface area contributed by atoms with Crippen LogP contribution in [0.15, 0.2) is 70.9 Å². The topological polar surface area (TPSA) is 88.2 Å². The second kappa shape index (κ2) is 8.45. The predicted molar refractivity (Wildman–Crippen MR) is 104 cm³/mol. The van der Waals surface area contributed by atoms with Gasteiger partial charge in [-0.1, -0.05) is 43.0 Å². The molecule has 1 heterocycles. The number of nitriles is 2. The van der Waals surface area contributed by atoms with Gasteiger partial charge in [0.25, 0.3) is 10.0 Å². The quantitative estimate of drug-likeness (QED) is 0.546. The molecule has 3 rings (SSSR count). The Morgan fingerprint density at radius 1 is 1.20 bits per heavy atom. The predicted octanol–water partition coefficient (Wildman–Crippen LogP) is 2.98. The molecule has 1 aromatic carbocycles. The fourth-order valence-corrected chi connectivity index (χ4v) is 4.78. The first kappa shape index (κ1) is 23.4. The van der Waals surface area contributed by atoms with Crippen molar-refractivity contribution in [1.29, 1.82) is 10.5 Å². The number of sulfonamides is 1. The van der Waals surface area contributed by atoms with E-state index in [1.807, 2.05) is 0 Å². The van der Waals surface area contributed by atoms with Gasteiger partial charge < -0.3 is 0 Å². The van der Waals surface area contributed by atoms with Gasteiger partial charge in [-0.15, -0.1) is 0 Å². The Morgan fingerprint density at radius 2 is 1.83 bits per heavy atom. The Balaban J connectivity index is 0.00000320. The molecule has 0 N–H and O–H groups in total. The average molecular weight is 426 g/mol. The first-order valence-corrected chi connectivity index (χ1v) is 9.64. The maximum absolute atomic E-state index is 13.9. The molecule has 6 nitrogen and oxygen atoms in total. The van der Waals surface area contributed by atoms with E-state index in [4.69, 9.17) is 0 Å². The molecule has 0 aromatic heterocycles. The maximum atomic E-state index is 13.9. The molecule has 0 saturated heterocycles. The van der Waals surface area contributed by atoms with Crippen LogP contribution in [0.2, 0.25) is 0 Å². The standard InChI is InChI=1S/C19H13F3N4O2S.Li.H/c1-2-13-7-9-15(10-8-13)29(27,28)26-17(19(20,21)22)16(11-23)25(12-24)18(26)14-5-3-4-6-14;;/h2-5,7-10,18H,1,6H2;;. The van der Waals surface area contributed by atoms with Crippen LogP contribution in [0.5, 0.6) is 0 Å². The van der Waals surface area contributed by atoms with Gasteiger partial charge in [-0.05, 0) is 29.7 Å². The van der Waals surface area contributed by atoms with Crippen LogP contribution < -0.4 is 0 Å². The van der Waals surface area contributed by atoms with Gasteiger partial charge in [0, 0.05) is 0 Å². The molecule has 11 heteroatoms. The molecule has 0 bridgehead atoms. The fraction of sp³-hybridized carbons (Fsp3) is 0.158. The number of nitrogens with zero attached hydrogens (tertiary/aromatic N) is 4. The van der Waals surface area contributed by atoms with Crippen molar-refractivity contribution >= 4 is 35.0 Å². The van der Waals surface area contributed by atoms with Gasteiger partial charge in [-0.2, -0.15) is 23.7 Å². The van der Waals surface area contributed by atoms with Crippen LogP contribution in [0.1, 0.15) is 12.0 Å². The minimum atomic E-state index is -5.18. The third-order valence-electron chi connectivity index (χ3n) is 4.44. The Bertz CT molecular complexity index is 1140. The molecule has 0 saturated carbocycles. The van der Waals surface area contributed by atoms with Gasteiger partial charge in [0.15, 0.2) is 23.8 Å². The number of benzene rings is 1. The van der Waals surface area contributed by atoms with Gasteiger partial charge in [-0.3, -0.25) is 0 Å². The van der Waals surface area contributed by atoms with Crippen LogP contribution in [0, 0.1) is 22.8 Å². The Labute approximate surface area is 183 Å². The fourth-order valence-electron chi connectivity index (χ4n) is 3.15. The summed E-state index contributed by atoms with van der Waals surface area (Å²) >= 11 is 0. The van der Waals surface area contributed by atoms with Crippen LogP contribution in [-0.2, 0) is 10.0 Å². The molecule has 0 amide bonds. The van der Waals surface area contributed by atoms with Crippen LogP contribution in [0.25, 0.3) is 6.08 Å². The molecule has 2 aliphatic rings. The molecule has 0 fully saturated rings. The van der Waals surface area contributed by atoms with E-state index >= 15 is 0 Å². The van der Waals surface area contributed by atoms with E-state index in [1.54, 1.807) is 12.2 Å². The van der Waals surface area contributed by atoms with Gasteiger partial charge in [0.1, 0.15) is 6.07 Å². The number of rotatable bonds is 4. The SMILES string of the molecule is C=Cc1ccc(S(=O)(=O)N2C(C(F)(F)F)=C(C#N)N(C#N)C2C2=CC=CC2)cc1.[LiH]. The monoisotopic (exact) mass is 426 g/mol. The molecule has 0 radical (unpaired) electrons. The van der Waals surface area contributed by atoms with Gasteiger partial charge in [0.2, 0.25) is 0 Å². The van der Waals surface area contributed by atoms with Gasteiger partial charge in [0.05, 0.1) is 4.90 Å². The Morgan fingerprint density at radius 3 is 2.27 bits per heavy atom. The van der Waals surface area contributed by atoms with E-state index in [-0.39, 0.29) is 35.2 Å². The number of alkyl halides is 3. The molecule has 150 valence electrons. The van der Waals surface area contributed by atoms with E-state index in [9.17, 15) is 32.1 Å². The van der Waals surface area contributed by atoms with Crippen LogP contribution in [0.4, 0.5) is 13.2 Å². The summed E-state index contributed by atoms with van der Waals surface area (Å²) in [5.74, 6) is 0. The summed E-state index contributed by atoms with van der Waals surface area (Å²) in [5, 5.41) is 18.8. The van der Waals surface area contributed by atoms with E-state index in [0.717, 1.165) is 12.1 Å². The number of hydrogen-bond donors (Lipinski definition) is 0. The van der Waals surface area contributed by atoms with Gasteiger partial charge in [-0.25, -0.2) is 17.6 Å². The number of hydrogen-bond acceptors (Lipinski definition) is 5. The van der Waals surface area contributed by atoms with Crippen molar-refractivity contribution in [3.63, 3.8) is 0 Å². The second-order valence-electron chi connectivity index (χ2n) is 6.10. The summed E-state index contributed by atoms with van der Waals surface area (Å²) in [5.41, 5.74) is -1.94. The molecule has 1 aliphatic heterocycles. The van der Waals surface area contributed by atoms with Crippen molar-refractivity contribution in [3.8, 4) is 12.3 Å². The molecule has 1 aromatic rings.